The lowest BCUT2D eigenvalue weighted by atomic mass is 10.1. The van der Waals surface area contributed by atoms with Crippen molar-refractivity contribution in [2.75, 3.05) is 53.4 Å². The highest BCUT2D eigenvalue weighted by Crippen LogP contribution is 2.11. The molecule has 126 valence electrons. The fourth-order valence-corrected chi connectivity index (χ4v) is 3.17. The van der Waals surface area contributed by atoms with Crippen LogP contribution >= 0.6 is 0 Å². The summed E-state index contributed by atoms with van der Waals surface area (Å²) in [4.78, 5) is 30.2. The van der Waals surface area contributed by atoms with E-state index in [1.807, 2.05) is 4.90 Å². The van der Waals surface area contributed by atoms with Gasteiger partial charge < -0.3 is 15.1 Å². The van der Waals surface area contributed by atoms with Crippen molar-refractivity contribution in [3.05, 3.63) is 0 Å². The SMILES string of the molecule is CN1CCN(C)C(CNC(=O)CCCN2CCCCC2=O)C1. The lowest BCUT2D eigenvalue weighted by Crippen LogP contribution is -2.54. The first-order chi connectivity index (χ1) is 10.6. The molecule has 0 aromatic heterocycles. The second-order valence-corrected chi connectivity index (χ2v) is 6.64. The van der Waals surface area contributed by atoms with Gasteiger partial charge >= 0.3 is 0 Å². The second kappa shape index (κ2) is 8.48. The molecule has 0 aromatic carbocycles. The van der Waals surface area contributed by atoms with E-state index in [2.05, 4.69) is 29.2 Å². The lowest BCUT2D eigenvalue weighted by molar-refractivity contribution is -0.133. The molecule has 0 radical (unpaired) electrons. The van der Waals surface area contributed by atoms with E-state index in [-0.39, 0.29) is 11.8 Å². The summed E-state index contributed by atoms with van der Waals surface area (Å²) < 4.78 is 0. The molecule has 6 nitrogen and oxygen atoms in total. The van der Waals surface area contributed by atoms with Crippen LogP contribution in [0.3, 0.4) is 0 Å². The minimum atomic E-state index is 0.103. The van der Waals surface area contributed by atoms with Crippen LogP contribution in [0.25, 0.3) is 0 Å². The van der Waals surface area contributed by atoms with Gasteiger partial charge in [0.05, 0.1) is 0 Å². The molecule has 2 aliphatic heterocycles. The van der Waals surface area contributed by atoms with E-state index < -0.39 is 0 Å². The molecule has 2 rings (SSSR count). The van der Waals surface area contributed by atoms with Gasteiger partial charge in [-0.05, 0) is 33.4 Å². The zero-order valence-electron chi connectivity index (χ0n) is 14.0. The molecule has 0 aromatic rings. The molecule has 2 heterocycles. The Kier molecular flexibility index (Phi) is 6.64. The van der Waals surface area contributed by atoms with Gasteiger partial charge in [0.1, 0.15) is 0 Å². The maximum atomic E-state index is 12.0. The first-order valence-electron chi connectivity index (χ1n) is 8.49. The van der Waals surface area contributed by atoms with Gasteiger partial charge in [0.25, 0.3) is 0 Å². The molecule has 0 aliphatic carbocycles. The van der Waals surface area contributed by atoms with Crippen molar-refractivity contribution in [3.8, 4) is 0 Å². The van der Waals surface area contributed by atoms with Gasteiger partial charge in [0, 0.05) is 58.2 Å². The predicted octanol–water partition coefficient (Wildman–Crippen LogP) is 0.141. The second-order valence-electron chi connectivity index (χ2n) is 6.64. The number of piperidine rings is 1. The van der Waals surface area contributed by atoms with Crippen LogP contribution < -0.4 is 5.32 Å². The molecule has 0 spiro atoms. The Morgan fingerprint density at radius 2 is 2.05 bits per heavy atom. The Morgan fingerprint density at radius 3 is 2.82 bits per heavy atom. The van der Waals surface area contributed by atoms with Crippen molar-refractivity contribution < 1.29 is 9.59 Å². The molecule has 0 bridgehead atoms. The van der Waals surface area contributed by atoms with E-state index in [1.54, 1.807) is 0 Å². The monoisotopic (exact) mass is 310 g/mol. The number of amides is 2. The summed E-state index contributed by atoms with van der Waals surface area (Å²) in [6.07, 6.45) is 4.06. The molecular weight excluding hydrogens is 280 g/mol. The van der Waals surface area contributed by atoms with E-state index in [0.29, 0.717) is 25.4 Å². The lowest BCUT2D eigenvalue weighted by Gasteiger charge is -2.37. The topological polar surface area (TPSA) is 55.9 Å². The van der Waals surface area contributed by atoms with Crippen molar-refractivity contribution in [2.45, 2.75) is 38.1 Å². The molecule has 2 aliphatic rings. The maximum Gasteiger partial charge on any atom is 0.222 e. The molecule has 2 saturated heterocycles. The fourth-order valence-electron chi connectivity index (χ4n) is 3.17. The highest BCUT2D eigenvalue weighted by Gasteiger charge is 2.22. The third-order valence-corrected chi connectivity index (χ3v) is 4.77. The number of rotatable bonds is 6. The number of carbonyl (C=O) groups excluding carboxylic acids is 2. The van der Waals surface area contributed by atoms with Gasteiger partial charge in [-0.15, -0.1) is 0 Å². The van der Waals surface area contributed by atoms with Gasteiger partial charge in [0.15, 0.2) is 0 Å². The average molecular weight is 310 g/mol. The average Bonchev–Trinajstić information content (AvgIpc) is 2.50. The van der Waals surface area contributed by atoms with Crippen LogP contribution in [-0.2, 0) is 9.59 Å². The number of likely N-dealkylation sites (tertiary alicyclic amines) is 1. The van der Waals surface area contributed by atoms with E-state index in [0.717, 1.165) is 52.0 Å². The molecule has 1 atom stereocenters. The summed E-state index contributed by atoms with van der Waals surface area (Å²) in [6, 6.07) is 0.395. The quantitative estimate of drug-likeness (QED) is 0.758. The Labute approximate surface area is 133 Å². The number of nitrogens with zero attached hydrogens (tertiary/aromatic N) is 3. The van der Waals surface area contributed by atoms with Gasteiger partial charge in [-0.1, -0.05) is 0 Å². The number of likely N-dealkylation sites (N-methyl/N-ethyl adjacent to an activating group) is 2. The number of piperazine rings is 1. The number of nitrogens with one attached hydrogen (secondary N) is 1. The van der Waals surface area contributed by atoms with Crippen molar-refractivity contribution >= 4 is 11.8 Å². The zero-order chi connectivity index (χ0) is 15.9. The van der Waals surface area contributed by atoms with Crippen LogP contribution in [0, 0.1) is 0 Å². The first kappa shape index (κ1) is 17.2. The summed E-state index contributed by atoms with van der Waals surface area (Å²) in [7, 11) is 4.24. The number of hydrogen-bond acceptors (Lipinski definition) is 4. The molecule has 1 unspecified atom stereocenters. The van der Waals surface area contributed by atoms with Crippen molar-refractivity contribution in [3.63, 3.8) is 0 Å². The Hall–Kier alpha value is -1.14. The third-order valence-electron chi connectivity index (χ3n) is 4.77. The molecule has 0 saturated carbocycles. The van der Waals surface area contributed by atoms with E-state index >= 15 is 0 Å². The van der Waals surface area contributed by atoms with Crippen LogP contribution in [0.4, 0.5) is 0 Å². The van der Waals surface area contributed by atoms with Crippen LogP contribution in [0.1, 0.15) is 32.1 Å². The van der Waals surface area contributed by atoms with Gasteiger partial charge in [-0.3, -0.25) is 14.5 Å². The van der Waals surface area contributed by atoms with Gasteiger partial charge in [-0.25, -0.2) is 0 Å². The van der Waals surface area contributed by atoms with Gasteiger partial charge in [0.2, 0.25) is 11.8 Å². The van der Waals surface area contributed by atoms with E-state index in [9.17, 15) is 9.59 Å². The largest absolute Gasteiger partial charge is 0.354 e. The summed E-state index contributed by atoms with van der Waals surface area (Å²) in [5.74, 6) is 0.351. The Bertz CT molecular complexity index is 388. The highest BCUT2D eigenvalue weighted by atomic mass is 16.2. The summed E-state index contributed by atoms with van der Waals surface area (Å²) >= 11 is 0. The minimum Gasteiger partial charge on any atom is -0.354 e. The van der Waals surface area contributed by atoms with Gasteiger partial charge in [-0.2, -0.15) is 0 Å². The smallest absolute Gasteiger partial charge is 0.222 e. The fraction of sp³-hybridized carbons (Fsp3) is 0.875. The zero-order valence-corrected chi connectivity index (χ0v) is 14.0. The molecule has 2 fully saturated rings. The summed E-state index contributed by atoms with van der Waals surface area (Å²) in [5.41, 5.74) is 0. The predicted molar refractivity (Wildman–Crippen MR) is 86.6 cm³/mol. The third kappa shape index (κ3) is 5.25. The summed E-state index contributed by atoms with van der Waals surface area (Å²) in [5, 5.41) is 3.04. The maximum absolute atomic E-state index is 12.0. The van der Waals surface area contributed by atoms with Crippen molar-refractivity contribution in [1.29, 1.82) is 0 Å². The normalized spacial score (nSPS) is 24.5. The van der Waals surface area contributed by atoms with Crippen LogP contribution in [0.15, 0.2) is 0 Å². The van der Waals surface area contributed by atoms with Crippen molar-refractivity contribution in [2.24, 2.45) is 0 Å². The minimum absolute atomic E-state index is 0.103. The molecule has 22 heavy (non-hydrogen) atoms. The number of hydrogen-bond donors (Lipinski definition) is 1. The van der Waals surface area contributed by atoms with Crippen LogP contribution in [0.5, 0.6) is 0 Å². The molecule has 1 N–H and O–H groups in total. The van der Waals surface area contributed by atoms with Crippen LogP contribution in [-0.4, -0.2) is 85.9 Å². The molecule has 2 amide bonds. The Morgan fingerprint density at radius 1 is 1.23 bits per heavy atom. The number of carbonyl (C=O) groups is 2. The van der Waals surface area contributed by atoms with Crippen LogP contribution in [0.2, 0.25) is 0 Å². The Balaban J connectivity index is 1.60. The standard InChI is InChI=1S/C16H30N4O2/c1-18-10-11-19(2)14(13-18)12-17-15(21)6-5-9-20-8-4-3-7-16(20)22/h14H,3-13H2,1-2H3,(H,17,21). The molecule has 6 heteroatoms. The molecular formula is C16H30N4O2. The van der Waals surface area contributed by atoms with Crippen molar-refractivity contribution in [1.82, 2.24) is 20.0 Å². The summed E-state index contributed by atoms with van der Waals surface area (Å²) in [6.45, 7) is 5.43. The highest BCUT2D eigenvalue weighted by molar-refractivity contribution is 5.77. The first-order valence-corrected chi connectivity index (χ1v) is 8.49. The van der Waals surface area contributed by atoms with E-state index in [4.69, 9.17) is 0 Å². The van der Waals surface area contributed by atoms with E-state index in [1.165, 1.54) is 0 Å².